The third-order valence-corrected chi connectivity index (χ3v) is 10.7. The molecule has 9 heteroatoms. The number of likely N-dealkylation sites (N-methyl/N-ethyl adjacent to an activating group) is 1. The van der Waals surface area contributed by atoms with Crippen molar-refractivity contribution in [2.24, 2.45) is 0 Å². The van der Waals surface area contributed by atoms with Gasteiger partial charge >= 0.3 is 6.03 Å². The average Bonchev–Trinajstić information content (AvgIpc) is 3.27. The maximum absolute atomic E-state index is 13.2. The number of urea groups is 1. The van der Waals surface area contributed by atoms with Crippen molar-refractivity contribution in [2.75, 3.05) is 33.2 Å². The van der Waals surface area contributed by atoms with E-state index in [0.29, 0.717) is 34.6 Å². The zero-order chi connectivity index (χ0) is 26.7. The van der Waals surface area contributed by atoms with Gasteiger partial charge in [0.1, 0.15) is 0 Å². The molecule has 1 N–H and O–H groups in total. The topological polar surface area (TPSA) is 73.0 Å². The predicted octanol–water partition coefficient (Wildman–Crippen LogP) is 4.94. The van der Waals surface area contributed by atoms with Crippen molar-refractivity contribution in [3.05, 3.63) is 65.2 Å². The summed E-state index contributed by atoms with van der Waals surface area (Å²) in [5, 5.41) is 3.89. The van der Waals surface area contributed by atoms with E-state index < -0.39 is 10.0 Å². The second kappa shape index (κ2) is 11.9. The molecule has 3 fully saturated rings. The van der Waals surface area contributed by atoms with Gasteiger partial charge in [0.2, 0.25) is 10.0 Å². The minimum absolute atomic E-state index is 0.0160. The van der Waals surface area contributed by atoms with Gasteiger partial charge in [0.05, 0.1) is 17.0 Å². The lowest BCUT2D eigenvalue weighted by molar-refractivity contribution is 0.100. The van der Waals surface area contributed by atoms with E-state index in [-0.39, 0.29) is 11.9 Å². The molecule has 2 aromatic carbocycles. The van der Waals surface area contributed by atoms with Crippen molar-refractivity contribution in [1.29, 1.82) is 0 Å². The van der Waals surface area contributed by atoms with E-state index >= 15 is 0 Å². The molecule has 1 aliphatic carbocycles. The number of likely N-dealkylation sites (tertiary alicyclic amines) is 1. The minimum Gasteiger partial charge on any atom is -0.333 e. The first-order valence-electron chi connectivity index (χ1n) is 13.9. The molecule has 3 aliphatic rings. The van der Waals surface area contributed by atoms with Crippen LogP contribution in [0.3, 0.4) is 0 Å². The van der Waals surface area contributed by atoms with Gasteiger partial charge in [-0.15, -0.1) is 0 Å². The van der Waals surface area contributed by atoms with E-state index in [0.717, 1.165) is 57.3 Å². The third kappa shape index (κ3) is 6.03. The van der Waals surface area contributed by atoms with Gasteiger partial charge < -0.3 is 15.1 Å². The Morgan fingerprint density at radius 2 is 1.76 bits per heavy atom. The fraction of sp³-hybridized carbons (Fsp3) is 0.552. The largest absolute Gasteiger partial charge is 0.333 e. The summed E-state index contributed by atoms with van der Waals surface area (Å²) in [5.41, 5.74) is 1.06. The Hall–Kier alpha value is -2.13. The second-order valence-electron chi connectivity index (χ2n) is 11.0. The van der Waals surface area contributed by atoms with E-state index in [1.807, 2.05) is 30.3 Å². The average molecular weight is 559 g/mol. The van der Waals surface area contributed by atoms with Crippen LogP contribution in [0.5, 0.6) is 0 Å². The number of amides is 2. The molecule has 2 unspecified atom stereocenters. The minimum atomic E-state index is -3.58. The number of nitrogens with one attached hydrogen (secondary N) is 1. The molecule has 2 heterocycles. The SMILES string of the molecule is CN(C[C@@H](CCN1CCC(N2C(=O)NC3CCCCC32)CC1)c1cccc(Cl)c1)S(=O)(=O)c1ccccc1. The molecule has 1 saturated carbocycles. The molecular weight excluding hydrogens is 520 g/mol. The van der Waals surface area contributed by atoms with E-state index in [1.54, 1.807) is 31.3 Å². The van der Waals surface area contributed by atoms with Crippen molar-refractivity contribution < 1.29 is 13.2 Å². The van der Waals surface area contributed by atoms with Crippen LogP contribution in [-0.2, 0) is 10.0 Å². The Balaban J connectivity index is 1.21. The zero-order valence-electron chi connectivity index (χ0n) is 22.1. The lowest BCUT2D eigenvalue weighted by Crippen LogP contribution is -2.50. The summed E-state index contributed by atoms with van der Waals surface area (Å²) in [5.74, 6) is 0.0160. The molecule has 206 valence electrons. The van der Waals surface area contributed by atoms with Gasteiger partial charge in [-0.05, 0) is 74.4 Å². The van der Waals surface area contributed by atoms with Gasteiger partial charge in [-0.3, -0.25) is 0 Å². The van der Waals surface area contributed by atoms with E-state index in [2.05, 4.69) is 15.1 Å². The van der Waals surface area contributed by atoms with Crippen LogP contribution in [-0.4, -0.2) is 79.9 Å². The molecular formula is C29H39ClN4O3S. The molecule has 0 aromatic heterocycles. The first kappa shape index (κ1) is 27.4. The first-order valence-corrected chi connectivity index (χ1v) is 15.7. The molecule has 38 heavy (non-hydrogen) atoms. The summed E-state index contributed by atoms with van der Waals surface area (Å²) in [6, 6.07) is 17.5. The molecule has 2 aliphatic heterocycles. The number of hydrogen-bond donors (Lipinski definition) is 1. The van der Waals surface area contributed by atoms with Gasteiger partial charge in [-0.1, -0.05) is 54.8 Å². The maximum atomic E-state index is 13.2. The highest BCUT2D eigenvalue weighted by molar-refractivity contribution is 7.89. The first-order chi connectivity index (χ1) is 18.3. The normalized spacial score (nSPS) is 23.9. The number of fused-ring (bicyclic) bond motifs is 1. The molecule has 7 nitrogen and oxygen atoms in total. The van der Waals surface area contributed by atoms with Gasteiger partial charge in [0.25, 0.3) is 0 Å². The Morgan fingerprint density at radius 1 is 1.03 bits per heavy atom. The third-order valence-electron chi connectivity index (χ3n) is 8.62. The number of carbonyl (C=O) groups excluding carboxylic acids is 1. The van der Waals surface area contributed by atoms with Gasteiger partial charge in [-0.25, -0.2) is 17.5 Å². The fourth-order valence-corrected chi connectivity index (χ4v) is 7.93. The van der Waals surface area contributed by atoms with Crippen molar-refractivity contribution in [3.8, 4) is 0 Å². The Bertz CT molecular complexity index is 1200. The van der Waals surface area contributed by atoms with Gasteiger partial charge in [0.15, 0.2) is 0 Å². The van der Waals surface area contributed by atoms with Crippen LogP contribution in [0, 0.1) is 0 Å². The molecule has 0 radical (unpaired) electrons. The van der Waals surface area contributed by atoms with Crippen LogP contribution >= 0.6 is 11.6 Å². The van der Waals surface area contributed by atoms with E-state index in [4.69, 9.17) is 11.6 Å². The lowest BCUT2D eigenvalue weighted by Gasteiger charge is -2.40. The zero-order valence-corrected chi connectivity index (χ0v) is 23.7. The Labute approximate surface area is 232 Å². The predicted molar refractivity (Wildman–Crippen MR) is 151 cm³/mol. The quantitative estimate of drug-likeness (QED) is 0.473. The fourth-order valence-electron chi connectivity index (χ4n) is 6.50. The van der Waals surface area contributed by atoms with Crippen molar-refractivity contribution in [3.63, 3.8) is 0 Å². The molecule has 0 bridgehead atoms. The summed E-state index contributed by atoms with van der Waals surface area (Å²) >= 11 is 6.32. The molecule has 0 spiro atoms. The summed E-state index contributed by atoms with van der Waals surface area (Å²) in [6.45, 7) is 3.16. The number of piperidine rings is 1. The van der Waals surface area contributed by atoms with Gasteiger partial charge in [0, 0.05) is 37.7 Å². The number of carbonyl (C=O) groups is 1. The van der Waals surface area contributed by atoms with Gasteiger partial charge in [-0.2, -0.15) is 0 Å². The van der Waals surface area contributed by atoms with Crippen LogP contribution < -0.4 is 5.32 Å². The van der Waals surface area contributed by atoms with Crippen LogP contribution in [0.4, 0.5) is 4.79 Å². The smallest absolute Gasteiger partial charge is 0.318 e. The van der Waals surface area contributed by atoms with Crippen molar-refractivity contribution >= 4 is 27.7 Å². The summed E-state index contributed by atoms with van der Waals surface area (Å²) in [7, 11) is -1.93. The monoisotopic (exact) mass is 558 g/mol. The Morgan fingerprint density at radius 3 is 2.50 bits per heavy atom. The second-order valence-corrected chi connectivity index (χ2v) is 13.5. The number of halogens is 1. The maximum Gasteiger partial charge on any atom is 0.318 e. The highest BCUT2D eigenvalue weighted by Gasteiger charge is 2.44. The molecule has 2 saturated heterocycles. The summed E-state index contributed by atoms with van der Waals surface area (Å²) in [4.78, 5) is 17.7. The lowest BCUT2D eigenvalue weighted by atomic mass is 9.89. The van der Waals surface area contributed by atoms with Crippen LogP contribution in [0.15, 0.2) is 59.5 Å². The number of hydrogen-bond acceptors (Lipinski definition) is 4. The Kier molecular flexibility index (Phi) is 8.62. The summed E-state index contributed by atoms with van der Waals surface area (Å²) in [6.07, 6.45) is 7.44. The summed E-state index contributed by atoms with van der Waals surface area (Å²) < 4.78 is 27.9. The molecule has 3 atom stereocenters. The molecule has 5 rings (SSSR count). The highest BCUT2D eigenvalue weighted by Crippen LogP contribution is 2.33. The van der Waals surface area contributed by atoms with Crippen LogP contribution in [0.2, 0.25) is 5.02 Å². The van der Waals surface area contributed by atoms with E-state index in [9.17, 15) is 13.2 Å². The van der Waals surface area contributed by atoms with Crippen molar-refractivity contribution in [2.45, 2.75) is 73.9 Å². The highest BCUT2D eigenvalue weighted by atomic mass is 35.5. The number of benzene rings is 2. The van der Waals surface area contributed by atoms with E-state index in [1.165, 1.54) is 17.1 Å². The van der Waals surface area contributed by atoms with Crippen molar-refractivity contribution in [1.82, 2.24) is 19.4 Å². The number of nitrogens with zero attached hydrogens (tertiary/aromatic N) is 3. The number of sulfonamides is 1. The molecule has 2 amide bonds. The number of rotatable bonds is 9. The standard InChI is InChI=1S/C29H39ClN4O3S/c1-32(38(36,37)26-10-3-2-4-11-26)21-23(22-8-7-9-24(30)20-22)14-17-33-18-15-25(16-19-33)34-28-13-6-5-12-27(28)31-29(34)35/h2-4,7-11,20,23,25,27-28H,5-6,12-19,21H2,1H3,(H,31,35)/t23-,27?,28?/m1/s1. The van der Waals surface area contributed by atoms with Crippen LogP contribution in [0.1, 0.15) is 56.4 Å². The molecule has 2 aromatic rings. The van der Waals surface area contributed by atoms with Crippen LogP contribution in [0.25, 0.3) is 0 Å².